The highest BCUT2D eigenvalue weighted by Crippen LogP contribution is 2.38. The number of nitrogens with two attached hydrogens (primary N) is 1. The third-order valence-corrected chi connectivity index (χ3v) is 9.45. The second-order valence-corrected chi connectivity index (χ2v) is 12.6. The van der Waals surface area contributed by atoms with Gasteiger partial charge in [-0.2, -0.15) is 0 Å². The van der Waals surface area contributed by atoms with Crippen LogP contribution in [-0.4, -0.2) is 27.5 Å². The molecule has 0 aliphatic heterocycles. The van der Waals surface area contributed by atoms with E-state index in [-0.39, 0.29) is 36.3 Å². The highest BCUT2D eigenvalue weighted by atomic mass is 35.5. The van der Waals surface area contributed by atoms with E-state index in [1.807, 2.05) is 12.4 Å². The summed E-state index contributed by atoms with van der Waals surface area (Å²) in [4.78, 5) is 17.9. The molecule has 1 atom stereocenters. The van der Waals surface area contributed by atoms with Crippen LogP contribution in [0.1, 0.15) is 86.8 Å². The smallest absolute Gasteiger partial charge is 0.221 e. The SMILES string of the molecule is Cc1cccc(C(CC(=O)NC2CCC(N)CC2)c2cn(CC3CCCCC3)c3ccc(-c4ccncc4)cc23)c1.Cl. The molecule has 4 aromatic rings. The van der Waals surface area contributed by atoms with Gasteiger partial charge >= 0.3 is 0 Å². The molecule has 222 valence electrons. The molecule has 2 aliphatic carbocycles. The van der Waals surface area contributed by atoms with Crippen molar-refractivity contribution < 1.29 is 4.79 Å². The van der Waals surface area contributed by atoms with Gasteiger partial charge in [-0.1, -0.05) is 55.2 Å². The van der Waals surface area contributed by atoms with Crippen molar-refractivity contribution in [2.45, 2.75) is 95.7 Å². The van der Waals surface area contributed by atoms with Crippen LogP contribution in [0.2, 0.25) is 0 Å². The molecule has 2 aliphatic rings. The third kappa shape index (κ3) is 7.07. The molecule has 2 saturated carbocycles. The summed E-state index contributed by atoms with van der Waals surface area (Å²) in [5.74, 6) is 0.824. The first kappa shape index (κ1) is 30.3. The van der Waals surface area contributed by atoms with Crippen molar-refractivity contribution >= 4 is 29.2 Å². The van der Waals surface area contributed by atoms with Gasteiger partial charge in [-0.15, -0.1) is 12.4 Å². The normalized spacial score (nSPS) is 20.1. The number of halogens is 1. The molecule has 0 bridgehead atoms. The lowest BCUT2D eigenvalue weighted by atomic mass is 9.86. The number of carbonyl (C=O) groups excluding carboxylic acids is 1. The Morgan fingerprint density at radius 3 is 2.45 bits per heavy atom. The molecule has 2 fully saturated rings. The van der Waals surface area contributed by atoms with Gasteiger partial charge in [0.15, 0.2) is 0 Å². The van der Waals surface area contributed by atoms with Crippen LogP contribution >= 0.6 is 12.4 Å². The maximum Gasteiger partial charge on any atom is 0.221 e. The fourth-order valence-corrected chi connectivity index (χ4v) is 7.15. The standard InChI is InChI=1S/C36H44N4O.ClH/c1-25-6-5-9-29(20-25)32(22-36(41)39-31-13-11-30(37)12-14-31)34-24-40(23-26-7-3-2-4-8-26)35-15-10-28(21-33(34)35)27-16-18-38-19-17-27;/h5-6,9-10,15-21,24,26,30-32H,2-4,7-8,11-14,22-23,37H2,1H3,(H,39,41);1H. The van der Waals surface area contributed by atoms with E-state index >= 15 is 0 Å². The quantitative estimate of drug-likeness (QED) is 0.221. The first-order chi connectivity index (χ1) is 20.0. The van der Waals surface area contributed by atoms with Crippen molar-refractivity contribution in [2.75, 3.05) is 0 Å². The van der Waals surface area contributed by atoms with E-state index in [1.54, 1.807) is 0 Å². The lowest BCUT2D eigenvalue weighted by Gasteiger charge is -2.27. The van der Waals surface area contributed by atoms with E-state index < -0.39 is 0 Å². The Morgan fingerprint density at radius 1 is 0.952 bits per heavy atom. The number of amides is 1. The highest BCUT2D eigenvalue weighted by molar-refractivity contribution is 5.90. The number of nitrogens with zero attached hydrogens (tertiary/aromatic N) is 2. The number of pyridine rings is 1. The minimum absolute atomic E-state index is 0. The predicted molar refractivity (Wildman–Crippen MR) is 175 cm³/mol. The number of aromatic nitrogens is 2. The van der Waals surface area contributed by atoms with E-state index in [0.717, 1.165) is 37.8 Å². The van der Waals surface area contributed by atoms with Gasteiger partial charge in [0.2, 0.25) is 5.91 Å². The van der Waals surface area contributed by atoms with Crippen LogP contribution in [0.3, 0.4) is 0 Å². The van der Waals surface area contributed by atoms with Crippen molar-refractivity contribution in [3.63, 3.8) is 0 Å². The molecular formula is C36H45ClN4O. The van der Waals surface area contributed by atoms with Crippen LogP contribution in [0.5, 0.6) is 0 Å². The van der Waals surface area contributed by atoms with Gasteiger partial charge < -0.3 is 15.6 Å². The average molecular weight is 585 g/mol. The third-order valence-electron chi connectivity index (χ3n) is 9.45. The number of nitrogens with one attached hydrogen (secondary N) is 1. The number of benzene rings is 2. The summed E-state index contributed by atoms with van der Waals surface area (Å²) < 4.78 is 2.49. The lowest BCUT2D eigenvalue weighted by Crippen LogP contribution is -2.40. The van der Waals surface area contributed by atoms with E-state index in [9.17, 15) is 4.79 Å². The van der Waals surface area contributed by atoms with Gasteiger partial charge in [0.25, 0.3) is 0 Å². The number of fused-ring (bicyclic) bond motifs is 1. The van der Waals surface area contributed by atoms with Gasteiger partial charge in [-0.05, 0) is 97.9 Å². The molecule has 0 saturated heterocycles. The van der Waals surface area contributed by atoms with Crippen LogP contribution in [0.15, 0.2) is 73.2 Å². The van der Waals surface area contributed by atoms with Crippen LogP contribution in [0, 0.1) is 12.8 Å². The first-order valence-electron chi connectivity index (χ1n) is 15.7. The van der Waals surface area contributed by atoms with Gasteiger partial charge in [0.1, 0.15) is 0 Å². The van der Waals surface area contributed by atoms with Crippen molar-refractivity contribution in [1.29, 1.82) is 0 Å². The number of hydrogen-bond acceptors (Lipinski definition) is 3. The molecule has 1 amide bonds. The molecule has 1 unspecified atom stereocenters. The molecule has 3 N–H and O–H groups in total. The second kappa shape index (κ2) is 13.9. The van der Waals surface area contributed by atoms with E-state index in [2.05, 4.69) is 82.6 Å². The Labute approximate surface area is 256 Å². The molecule has 2 aromatic heterocycles. The van der Waals surface area contributed by atoms with Crippen LogP contribution in [0.25, 0.3) is 22.0 Å². The minimum Gasteiger partial charge on any atom is -0.353 e. The van der Waals surface area contributed by atoms with E-state index in [1.165, 1.54) is 65.3 Å². The summed E-state index contributed by atoms with van der Waals surface area (Å²) >= 11 is 0. The fourth-order valence-electron chi connectivity index (χ4n) is 7.15. The molecule has 2 aromatic carbocycles. The Balaban J connectivity index is 0.00000353. The Morgan fingerprint density at radius 2 is 1.71 bits per heavy atom. The highest BCUT2D eigenvalue weighted by Gasteiger charge is 2.27. The molecule has 2 heterocycles. The molecule has 42 heavy (non-hydrogen) atoms. The number of aryl methyl sites for hydroxylation is 1. The molecule has 0 radical (unpaired) electrons. The van der Waals surface area contributed by atoms with Crippen LogP contribution < -0.4 is 11.1 Å². The average Bonchev–Trinajstić information content (AvgIpc) is 3.35. The summed E-state index contributed by atoms with van der Waals surface area (Å²) in [7, 11) is 0. The maximum absolute atomic E-state index is 13.6. The van der Waals surface area contributed by atoms with Gasteiger partial charge in [0.05, 0.1) is 0 Å². The minimum atomic E-state index is -0.0245. The van der Waals surface area contributed by atoms with Crippen molar-refractivity contribution in [3.8, 4) is 11.1 Å². The fraction of sp³-hybridized carbons (Fsp3) is 0.444. The Kier molecular flexibility index (Phi) is 10.0. The maximum atomic E-state index is 13.6. The number of hydrogen-bond donors (Lipinski definition) is 2. The van der Waals surface area contributed by atoms with Gasteiger partial charge in [-0.25, -0.2) is 0 Å². The zero-order valence-corrected chi connectivity index (χ0v) is 25.6. The topological polar surface area (TPSA) is 72.9 Å². The Bertz CT molecular complexity index is 1470. The zero-order chi connectivity index (χ0) is 28.2. The van der Waals surface area contributed by atoms with E-state index in [0.29, 0.717) is 12.3 Å². The van der Waals surface area contributed by atoms with Crippen molar-refractivity contribution in [2.24, 2.45) is 11.7 Å². The van der Waals surface area contributed by atoms with Crippen LogP contribution in [-0.2, 0) is 11.3 Å². The summed E-state index contributed by atoms with van der Waals surface area (Å²) in [6.07, 6.45) is 17.1. The molecule has 6 rings (SSSR count). The van der Waals surface area contributed by atoms with Crippen LogP contribution in [0.4, 0.5) is 0 Å². The Hall–Kier alpha value is -3.15. The van der Waals surface area contributed by atoms with Crippen molar-refractivity contribution in [3.05, 3.63) is 89.9 Å². The summed E-state index contributed by atoms with van der Waals surface area (Å²) in [6.45, 7) is 3.18. The largest absolute Gasteiger partial charge is 0.353 e. The van der Waals surface area contributed by atoms with Gasteiger partial charge in [-0.3, -0.25) is 9.78 Å². The molecule has 0 spiro atoms. The second-order valence-electron chi connectivity index (χ2n) is 12.6. The van der Waals surface area contributed by atoms with E-state index in [4.69, 9.17) is 5.73 Å². The van der Waals surface area contributed by atoms with Gasteiger partial charge in [0, 0.05) is 60.5 Å². The number of carbonyl (C=O) groups is 1. The lowest BCUT2D eigenvalue weighted by molar-refractivity contribution is -0.122. The molecular weight excluding hydrogens is 540 g/mol. The van der Waals surface area contributed by atoms with Crippen molar-refractivity contribution in [1.82, 2.24) is 14.9 Å². The predicted octanol–water partition coefficient (Wildman–Crippen LogP) is 7.92. The molecule has 6 heteroatoms. The summed E-state index contributed by atoms with van der Waals surface area (Å²) in [5, 5.41) is 4.62. The monoisotopic (exact) mass is 584 g/mol. The summed E-state index contributed by atoms with van der Waals surface area (Å²) in [5.41, 5.74) is 13.4. The zero-order valence-electron chi connectivity index (χ0n) is 24.8. The molecule has 5 nitrogen and oxygen atoms in total. The summed E-state index contributed by atoms with van der Waals surface area (Å²) in [6, 6.07) is 20.2. The number of rotatable bonds is 8. The first-order valence-corrected chi connectivity index (χ1v) is 15.7.